The van der Waals surface area contributed by atoms with Crippen LogP contribution in [0.25, 0.3) is 0 Å². The first-order valence-corrected chi connectivity index (χ1v) is 10.2. The number of hydrogen-bond acceptors (Lipinski definition) is 6. The van der Waals surface area contributed by atoms with Crippen LogP contribution in [-0.4, -0.2) is 80.9 Å². The van der Waals surface area contributed by atoms with Crippen LogP contribution < -0.4 is 0 Å². The number of piperidine rings is 1. The molecule has 2 N–H and O–H groups in total. The van der Waals surface area contributed by atoms with Crippen LogP contribution >= 0.6 is 0 Å². The number of likely N-dealkylation sites (tertiary alicyclic amines) is 2. The van der Waals surface area contributed by atoms with Crippen molar-refractivity contribution < 1.29 is 55.4 Å². The lowest BCUT2D eigenvalue weighted by Crippen LogP contribution is -2.43. The summed E-state index contributed by atoms with van der Waals surface area (Å²) in [6.45, 7) is 3.75. The predicted octanol–water partition coefficient (Wildman–Crippen LogP) is 3.29. The smallest absolute Gasteiger partial charge is 0.475 e. The van der Waals surface area contributed by atoms with Gasteiger partial charge in [-0.15, -0.1) is 0 Å². The van der Waals surface area contributed by atoms with Crippen LogP contribution in [-0.2, 0) is 16.1 Å². The Bertz CT molecular complexity index is 989. The van der Waals surface area contributed by atoms with Crippen LogP contribution in [0.3, 0.4) is 0 Å². The second kappa shape index (κ2) is 11.9. The largest absolute Gasteiger partial charge is 0.490 e. The summed E-state index contributed by atoms with van der Waals surface area (Å²) in [4.78, 5) is 39.0. The molecule has 0 saturated carbocycles. The molecule has 15 heteroatoms. The van der Waals surface area contributed by atoms with E-state index in [0.29, 0.717) is 17.5 Å². The van der Waals surface area contributed by atoms with E-state index in [1.165, 1.54) is 5.56 Å². The van der Waals surface area contributed by atoms with E-state index < -0.39 is 24.3 Å². The summed E-state index contributed by atoms with van der Waals surface area (Å²) in [6, 6.07) is 6.00. The van der Waals surface area contributed by atoms with Crippen molar-refractivity contribution in [1.82, 2.24) is 14.8 Å². The third-order valence-electron chi connectivity index (χ3n) is 5.13. The van der Waals surface area contributed by atoms with Crippen LogP contribution in [0.5, 0.6) is 0 Å². The van der Waals surface area contributed by atoms with Crippen LogP contribution in [0.2, 0.25) is 0 Å². The van der Waals surface area contributed by atoms with E-state index in [1.807, 2.05) is 23.1 Å². The van der Waals surface area contributed by atoms with Gasteiger partial charge < -0.3 is 19.5 Å². The first-order chi connectivity index (χ1) is 16.7. The van der Waals surface area contributed by atoms with Crippen molar-refractivity contribution >= 4 is 17.8 Å². The zero-order valence-electron chi connectivity index (χ0n) is 18.4. The van der Waals surface area contributed by atoms with Crippen molar-refractivity contribution in [2.75, 3.05) is 19.6 Å². The zero-order valence-corrected chi connectivity index (χ0v) is 18.4. The lowest BCUT2D eigenvalue weighted by atomic mass is 9.99. The van der Waals surface area contributed by atoms with Crippen LogP contribution in [0.1, 0.15) is 22.3 Å². The van der Waals surface area contributed by atoms with E-state index >= 15 is 0 Å². The molecule has 2 unspecified atom stereocenters. The van der Waals surface area contributed by atoms with E-state index in [9.17, 15) is 31.1 Å². The highest BCUT2D eigenvalue weighted by Gasteiger charge is 2.41. The molecule has 1 amide bonds. The van der Waals surface area contributed by atoms with Gasteiger partial charge in [0.25, 0.3) is 5.91 Å². The second-order valence-corrected chi connectivity index (χ2v) is 7.89. The summed E-state index contributed by atoms with van der Waals surface area (Å²) in [5.41, 5.74) is 1.89. The van der Waals surface area contributed by atoms with E-state index in [0.717, 1.165) is 32.6 Å². The standard InChI is InChI=1S/C17H19N3O2.2C2HF3O2/c21-17(15-2-1-4-18-7-15)20-10-14-6-16(20)11-19(9-14)8-13-3-5-22-12-13;2*3-2(4,5)1(6)7/h1-5,7,12,14,16H,6,8-11H2;2*(H,6,7). The SMILES string of the molecule is O=C(O)C(F)(F)F.O=C(O)C(F)(F)F.O=C(c1cccnc1)N1CC2CC1CN(Cc1ccoc1)C2. The number of nitrogens with zero attached hydrogens (tertiary/aromatic N) is 3. The van der Waals surface area contributed by atoms with Crippen molar-refractivity contribution in [3.05, 3.63) is 54.2 Å². The van der Waals surface area contributed by atoms with Gasteiger partial charge in [0.2, 0.25) is 0 Å². The number of carbonyl (C=O) groups excluding carboxylic acids is 1. The monoisotopic (exact) mass is 525 g/mol. The number of furan rings is 1. The number of fused-ring (bicyclic) bond motifs is 2. The van der Waals surface area contributed by atoms with Crippen molar-refractivity contribution in [1.29, 1.82) is 0 Å². The van der Waals surface area contributed by atoms with E-state index in [4.69, 9.17) is 24.2 Å². The van der Waals surface area contributed by atoms with Gasteiger partial charge in [0.1, 0.15) is 0 Å². The minimum Gasteiger partial charge on any atom is -0.475 e. The van der Waals surface area contributed by atoms with Crippen LogP contribution in [0, 0.1) is 5.92 Å². The fraction of sp³-hybridized carbons (Fsp3) is 0.429. The number of hydrogen-bond donors (Lipinski definition) is 2. The summed E-state index contributed by atoms with van der Waals surface area (Å²) < 4.78 is 68.6. The Balaban J connectivity index is 0.000000271. The maximum Gasteiger partial charge on any atom is 0.490 e. The fourth-order valence-electron chi connectivity index (χ4n) is 3.73. The Morgan fingerprint density at radius 1 is 1.00 bits per heavy atom. The number of rotatable bonds is 3. The number of carbonyl (C=O) groups is 3. The molecule has 2 aromatic heterocycles. The molecule has 2 fully saturated rings. The van der Waals surface area contributed by atoms with Gasteiger partial charge >= 0.3 is 24.3 Å². The topological polar surface area (TPSA) is 124 Å². The van der Waals surface area contributed by atoms with Gasteiger partial charge in [-0.25, -0.2) is 9.59 Å². The van der Waals surface area contributed by atoms with E-state index in [-0.39, 0.29) is 5.91 Å². The molecule has 9 nitrogen and oxygen atoms in total. The quantitative estimate of drug-likeness (QED) is 0.586. The molecule has 2 aliphatic rings. The first kappa shape index (κ1) is 28.6. The highest BCUT2D eigenvalue weighted by Crippen LogP contribution is 2.31. The van der Waals surface area contributed by atoms with Crippen molar-refractivity contribution in [2.45, 2.75) is 31.4 Å². The number of amides is 1. The minimum atomic E-state index is -5.08. The van der Waals surface area contributed by atoms with Crippen LogP contribution in [0.4, 0.5) is 26.3 Å². The molecule has 2 saturated heterocycles. The van der Waals surface area contributed by atoms with E-state index in [2.05, 4.69) is 9.88 Å². The molecule has 2 atom stereocenters. The molecule has 2 aromatic rings. The number of carboxylic acid groups (broad SMARTS) is 2. The second-order valence-electron chi connectivity index (χ2n) is 7.89. The van der Waals surface area contributed by atoms with Crippen LogP contribution in [0.15, 0.2) is 47.5 Å². The van der Waals surface area contributed by atoms with Gasteiger partial charge in [-0.05, 0) is 30.5 Å². The molecule has 2 bridgehead atoms. The summed E-state index contributed by atoms with van der Waals surface area (Å²) in [7, 11) is 0. The number of carboxylic acids is 2. The lowest BCUT2D eigenvalue weighted by Gasteiger charge is -2.32. The van der Waals surface area contributed by atoms with Crippen molar-refractivity contribution in [3.63, 3.8) is 0 Å². The molecule has 2 aliphatic heterocycles. The average Bonchev–Trinajstić information content (AvgIpc) is 3.40. The molecule has 36 heavy (non-hydrogen) atoms. The van der Waals surface area contributed by atoms with Gasteiger partial charge in [-0.2, -0.15) is 26.3 Å². The molecule has 0 aliphatic carbocycles. The van der Waals surface area contributed by atoms with Crippen molar-refractivity contribution in [3.8, 4) is 0 Å². The Morgan fingerprint density at radius 2 is 1.61 bits per heavy atom. The molecule has 0 aromatic carbocycles. The van der Waals surface area contributed by atoms with Gasteiger partial charge in [0.05, 0.1) is 18.1 Å². The number of alkyl halides is 6. The molecule has 198 valence electrons. The number of aromatic nitrogens is 1. The minimum absolute atomic E-state index is 0.116. The molecular formula is C21H21F6N3O6. The zero-order chi connectivity index (χ0) is 27.1. The molecule has 0 radical (unpaired) electrons. The Hall–Kier alpha value is -3.62. The normalized spacial score (nSPS) is 19.4. The van der Waals surface area contributed by atoms with Gasteiger partial charge in [0.15, 0.2) is 0 Å². The fourth-order valence-corrected chi connectivity index (χ4v) is 3.73. The Kier molecular flexibility index (Phi) is 9.44. The maximum absolute atomic E-state index is 12.7. The molecular weight excluding hydrogens is 504 g/mol. The maximum atomic E-state index is 12.7. The third kappa shape index (κ3) is 8.55. The Morgan fingerprint density at radius 3 is 2.08 bits per heavy atom. The summed E-state index contributed by atoms with van der Waals surface area (Å²) in [6.07, 6.45) is -2.17. The predicted molar refractivity (Wildman–Crippen MR) is 109 cm³/mol. The number of aliphatic carboxylic acids is 2. The average molecular weight is 525 g/mol. The third-order valence-corrected chi connectivity index (χ3v) is 5.13. The highest BCUT2D eigenvalue weighted by molar-refractivity contribution is 5.94. The summed E-state index contributed by atoms with van der Waals surface area (Å²) in [5, 5.41) is 14.2. The van der Waals surface area contributed by atoms with Gasteiger partial charge in [0, 0.05) is 50.2 Å². The number of halogens is 6. The highest BCUT2D eigenvalue weighted by atomic mass is 19.4. The molecule has 0 spiro atoms. The van der Waals surface area contributed by atoms with Gasteiger partial charge in [-0.3, -0.25) is 14.7 Å². The van der Waals surface area contributed by atoms with Gasteiger partial charge in [-0.1, -0.05) is 0 Å². The Labute approximate surface area is 199 Å². The van der Waals surface area contributed by atoms with Crippen molar-refractivity contribution in [2.24, 2.45) is 5.92 Å². The summed E-state index contributed by atoms with van der Waals surface area (Å²) in [5.74, 6) is -4.82. The number of pyridine rings is 1. The molecule has 4 heterocycles. The summed E-state index contributed by atoms with van der Waals surface area (Å²) >= 11 is 0. The molecule has 4 rings (SSSR count). The lowest BCUT2D eigenvalue weighted by molar-refractivity contribution is -0.193. The first-order valence-electron chi connectivity index (χ1n) is 10.2. The van der Waals surface area contributed by atoms with E-state index in [1.54, 1.807) is 24.9 Å².